The Morgan fingerprint density at radius 2 is 2.00 bits per heavy atom. The highest BCUT2D eigenvalue weighted by Crippen LogP contribution is 2.31. The fourth-order valence-corrected chi connectivity index (χ4v) is 2.49. The summed E-state index contributed by atoms with van der Waals surface area (Å²) in [5.41, 5.74) is 0.601. The summed E-state index contributed by atoms with van der Waals surface area (Å²) < 4.78 is 5.18. The normalized spacial score (nSPS) is 10.2. The van der Waals surface area contributed by atoms with E-state index in [1.165, 1.54) is 37.5 Å². The van der Waals surface area contributed by atoms with E-state index in [0.29, 0.717) is 10.8 Å². The third-order valence-electron chi connectivity index (χ3n) is 2.59. The van der Waals surface area contributed by atoms with Gasteiger partial charge in [-0.3, -0.25) is 14.9 Å². The number of aromatic nitrogens is 2. The van der Waals surface area contributed by atoms with Crippen LogP contribution in [0.15, 0.2) is 12.1 Å². The Morgan fingerprint density at radius 3 is 2.55 bits per heavy atom. The number of carbonyl (C=O) groups excluding carboxylic acids is 2. The van der Waals surface area contributed by atoms with Gasteiger partial charge >= 0.3 is 0 Å². The van der Waals surface area contributed by atoms with Gasteiger partial charge in [-0.1, -0.05) is 22.9 Å². The highest BCUT2D eigenvalue weighted by Gasteiger charge is 2.17. The lowest BCUT2D eigenvalue weighted by molar-refractivity contribution is -0.114. The molecular weight excluding hydrogens is 328 g/mol. The maximum atomic E-state index is 12.3. The fourth-order valence-electron chi connectivity index (χ4n) is 1.70. The molecule has 9 heteroatoms. The van der Waals surface area contributed by atoms with E-state index in [-0.39, 0.29) is 22.2 Å². The topological polar surface area (TPSA) is 93.2 Å². The van der Waals surface area contributed by atoms with Crippen molar-refractivity contribution in [1.29, 1.82) is 0 Å². The first-order valence-corrected chi connectivity index (χ1v) is 7.36. The molecule has 2 N–H and O–H groups in total. The number of rotatable bonds is 4. The van der Waals surface area contributed by atoms with Crippen LogP contribution in [0.2, 0.25) is 5.02 Å². The lowest BCUT2D eigenvalue weighted by Crippen LogP contribution is -2.14. The molecule has 1 aromatic heterocycles. The summed E-state index contributed by atoms with van der Waals surface area (Å²) in [4.78, 5) is 23.4. The van der Waals surface area contributed by atoms with Gasteiger partial charge in [-0.15, -0.1) is 10.2 Å². The standard InChI is InChI=1S/C13H13ClN4O3S/c1-6(19)15-10-5-11(21-3)8(4-9(10)14)12(20)16-13-18-17-7(2)22-13/h4-5H,1-3H3,(H,15,19)(H,16,18,20). The SMILES string of the molecule is COc1cc(NC(C)=O)c(Cl)cc1C(=O)Nc1nnc(C)s1. The second kappa shape index (κ2) is 6.71. The number of aryl methyl sites for hydroxylation is 1. The van der Waals surface area contributed by atoms with E-state index in [1.54, 1.807) is 6.92 Å². The molecule has 0 saturated heterocycles. The number of nitrogens with one attached hydrogen (secondary N) is 2. The lowest BCUT2D eigenvalue weighted by atomic mass is 10.1. The van der Waals surface area contributed by atoms with E-state index >= 15 is 0 Å². The summed E-state index contributed by atoms with van der Waals surface area (Å²) in [6.07, 6.45) is 0. The van der Waals surface area contributed by atoms with Gasteiger partial charge < -0.3 is 10.1 Å². The summed E-state index contributed by atoms with van der Waals surface area (Å²) >= 11 is 7.33. The van der Waals surface area contributed by atoms with Crippen LogP contribution >= 0.6 is 22.9 Å². The molecule has 1 aromatic carbocycles. The Morgan fingerprint density at radius 1 is 1.27 bits per heavy atom. The van der Waals surface area contributed by atoms with Crippen molar-refractivity contribution in [2.24, 2.45) is 0 Å². The van der Waals surface area contributed by atoms with E-state index in [4.69, 9.17) is 16.3 Å². The molecule has 0 aliphatic rings. The molecule has 0 radical (unpaired) electrons. The zero-order chi connectivity index (χ0) is 16.3. The third-order valence-corrected chi connectivity index (χ3v) is 3.66. The van der Waals surface area contributed by atoms with Gasteiger partial charge in [0.1, 0.15) is 10.8 Å². The van der Waals surface area contributed by atoms with Crippen molar-refractivity contribution in [1.82, 2.24) is 10.2 Å². The first-order chi connectivity index (χ1) is 10.4. The van der Waals surface area contributed by atoms with Gasteiger partial charge in [-0.05, 0) is 13.0 Å². The van der Waals surface area contributed by atoms with Crippen LogP contribution in [0.25, 0.3) is 0 Å². The molecular formula is C13H13ClN4O3S. The predicted molar refractivity (Wildman–Crippen MR) is 84.9 cm³/mol. The van der Waals surface area contributed by atoms with Crippen molar-refractivity contribution in [3.8, 4) is 5.75 Å². The summed E-state index contributed by atoms with van der Waals surface area (Å²) in [5.74, 6) is -0.415. The zero-order valence-electron chi connectivity index (χ0n) is 12.1. The lowest BCUT2D eigenvalue weighted by Gasteiger charge is -2.12. The van der Waals surface area contributed by atoms with Gasteiger partial charge in [0.25, 0.3) is 5.91 Å². The molecule has 0 aliphatic carbocycles. The molecule has 0 spiro atoms. The van der Waals surface area contributed by atoms with Crippen LogP contribution < -0.4 is 15.4 Å². The van der Waals surface area contributed by atoms with Crippen LogP contribution in [0.4, 0.5) is 10.8 Å². The van der Waals surface area contributed by atoms with Gasteiger partial charge in [0, 0.05) is 13.0 Å². The molecule has 2 aromatic rings. The number of ether oxygens (including phenoxy) is 1. The van der Waals surface area contributed by atoms with Crippen molar-refractivity contribution in [3.63, 3.8) is 0 Å². The van der Waals surface area contributed by atoms with E-state index in [0.717, 1.165) is 5.01 Å². The quantitative estimate of drug-likeness (QED) is 0.892. The highest BCUT2D eigenvalue weighted by molar-refractivity contribution is 7.15. The largest absolute Gasteiger partial charge is 0.496 e. The van der Waals surface area contributed by atoms with Crippen molar-refractivity contribution >= 4 is 45.6 Å². The number of hydrogen-bond donors (Lipinski definition) is 2. The number of carbonyl (C=O) groups is 2. The van der Waals surface area contributed by atoms with Crippen molar-refractivity contribution in [2.45, 2.75) is 13.8 Å². The zero-order valence-corrected chi connectivity index (χ0v) is 13.6. The maximum Gasteiger partial charge on any atom is 0.261 e. The molecule has 0 atom stereocenters. The van der Waals surface area contributed by atoms with E-state index in [9.17, 15) is 9.59 Å². The molecule has 0 aliphatic heterocycles. The first-order valence-electron chi connectivity index (χ1n) is 6.17. The number of benzene rings is 1. The van der Waals surface area contributed by atoms with Crippen LogP contribution in [0.3, 0.4) is 0 Å². The monoisotopic (exact) mass is 340 g/mol. The molecule has 0 saturated carbocycles. The number of nitrogens with zero attached hydrogens (tertiary/aromatic N) is 2. The fraction of sp³-hybridized carbons (Fsp3) is 0.231. The molecule has 0 fully saturated rings. The Kier molecular flexibility index (Phi) is 4.94. The van der Waals surface area contributed by atoms with Gasteiger partial charge in [-0.25, -0.2) is 0 Å². The number of amides is 2. The average Bonchev–Trinajstić information content (AvgIpc) is 2.85. The van der Waals surface area contributed by atoms with Gasteiger partial charge in [0.15, 0.2) is 0 Å². The Balaban J connectivity index is 2.31. The van der Waals surface area contributed by atoms with Crippen molar-refractivity contribution in [3.05, 3.63) is 27.7 Å². The average molecular weight is 341 g/mol. The van der Waals surface area contributed by atoms with Gasteiger partial charge in [0.2, 0.25) is 11.0 Å². The van der Waals surface area contributed by atoms with E-state index < -0.39 is 5.91 Å². The molecule has 0 bridgehead atoms. The summed E-state index contributed by atoms with van der Waals surface area (Å²) in [7, 11) is 1.42. The second-order valence-electron chi connectivity index (χ2n) is 4.29. The van der Waals surface area contributed by atoms with Crippen LogP contribution in [-0.4, -0.2) is 29.1 Å². The smallest absolute Gasteiger partial charge is 0.261 e. The highest BCUT2D eigenvalue weighted by atomic mass is 35.5. The van der Waals surface area contributed by atoms with E-state index in [2.05, 4.69) is 20.8 Å². The van der Waals surface area contributed by atoms with Crippen LogP contribution in [0.5, 0.6) is 5.75 Å². The maximum absolute atomic E-state index is 12.3. The number of methoxy groups -OCH3 is 1. The third kappa shape index (κ3) is 3.71. The minimum atomic E-state index is -0.427. The van der Waals surface area contributed by atoms with Crippen LogP contribution in [0.1, 0.15) is 22.3 Å². The Bertz CT molecular complexity index is 732. The van der Waals surface area contributed by atoms with Crippen molar-refractivity contribution < 1.29 is 14.3 Å². The Hall–Kier alpha value is -2.19. The summed E-state index contributed by atoms with van der Waals surface area (Å²) in [6, 6.07) is 2.92. The van der Waals surface area contributed by atoms with Gasteiger partial charge in [0.05, 0.1) is 23.4 Å². The predicted octanol–water partition coefficient (Wildman–Crippen LogP) is 2.72. The summed E-state index contributed by atoms with van der Waals surface area (Å²) in [6.45, 7) is 3.15. The van der Waals surface area contributed by atoms with Crippen molar-refractivity contribution in [2.75, 3.05) is 17.7 Å². The molecule has 0 unspecified atom stereocenters. The molecule has 2 rings (SSSR count). The molecule has 22 heavy (non-hydrogen) atoms. The minimum Gasteiger partial charge on any atom is -0.496 e. The van der Waals surface area contributed by atoms with Crippen LogP contribution in [0, 0.1) is 6.92 Å². The number of hydrogen-bond acceptors (Lipinski definition) is 6. The van der Waals surface area contributed by atoms with Gasteiger partial charge in [-0.2, -0.15) is 0 Å². The van der Waals surface area contributed by atoms with Crippen LogP contribution in [-0.2, 0) is 4.79 Å². The molecule has 1 heterocycles. The second-order valence-corrected chi connectivity index (χ2v) is 5.88. The first kappa shape index (κ1) is 16.2. The summed E-state index contributed by atoms with van der Waals surface area (Å²) in [5, 5.41) is 14.2. The number of anilines is 2. The Labute approximate surface area is 135 Å². The number of halogens is 1. The van der Waals surface area contributed by atoms with E-state index in [1.807, 2.05) is 0 Å². The molecule has 7 nitrogen and oxygen atoms in total. The minimum absolute atomic E-state index is 0.231. The molecule has 116 valence electrons. The molecule has 2 amide bonds.